The maximum absolute atomic E-state index is 15.1. The molecule has 0 aliphatic rings. The molecule has 5 rings (SSSR count). The van der Waals surface area contributed by atoms with E-state index in [-0.39, 0.29) is 5.39 Å². The lowest BCUT2D eigenvalue weighted by atomic mass is 10.2. The minimum atomic E-state index is -0.588. The average molecular weight is 396 g/mol. The Bertz CT molecular complexity index is 1380. The van der Waals surface area contributed by atoms with Crippen molar-refractivity contribution in [1.29, 1.82) is 0 Å². The Labute approximate surface area is 171 Å². The zero-order chi connectivity index (χ0) is 20.5. The first kappa shape index (κ1) is 17.9. The predicted molar refractivity (Wildman–Crippen MR) is 116 cm³/mol. The number of benzene rings is 3. The minimum absolute atomic E-state index is 0.0364. The predicted octanol–water partition coefficient (Wildman–Crippen LogP) is 5.06. The fraction of sp³-hybridized carbons (Fsp3) is 0. The Morgan fingerprint density at radius 1 is 0.767 bits per heavy atom. The number of nitrogens with one attached hydrogen (secondary N) is 1. The monoisotopic (exact) mass is 396 g/mol. The quantitative estimate of drug-likeness (QED) is 0.462. The lowest BCUT2D eigenvalue weighted by molar-refractivity contribution is 0.639. The largest absolute Gasteiger partial charge is 0.340 e. The highest BCUT2D eigenvalue weighted by Crippen LogP contribution is 2.27. The molecule has 1 N–H and O–H groups in total. The fourth-order valence-electron chi connectivity index (χ4n) is 3.56. The second-order valence-electron chi connectivity index (χ2n) is 6.79. The molecule has 3 aromatic carbocycles. The van der Waals surface area contributed by atoms with Gasteiger partial charge in [0.1, 0.15) is 17.0 Å². The standard InChI is InChI=1S/C24H17FN4O/c25-20-15-17(27-22-13-7-8-14-26-22)16-21-23(20)24(30)29(19-11-5-2-6-12-19)28(21)18-9-3-1-4-10-18/h1-16H,(H,26,27). The number of para-hydroxylation sites is 2. The number of pyridine rings is 1. The van der Waals surface area contributed by atoms with Gasteiger partial charge in [-0.25, -0.2) is 18.7 Å². The highest BCUT2D eigenvalue weighted by atomic mass is 19.1. The van der Waals surface area contributed by atoms with Gasteiger partial charge in [-0.15, -0.1) is 0 Å². The lowest BCUT2D eigenvalue weighted by Gasteiger charge is -2.13. The summed E-state index contributed by atoms with van der Waals surface area (Å²) in [5.74, 6) is 0.00245. The molecule has 0 radical (unpaired) electrons. The van der Waals surface area contributed by atoms with E-state index in [0.29, 0.717) is 22.7 Å². The zero-order valence-electron chi connectivity index (χ0n) is 15.9. The third-order valence-electron chi connectivity index (χ3n) is 4.84. The lowest BCUT2D eigenvalue weighted by Crippen LogP contribution is -2.20. The smallest absolute Gasteiger partial charge is 0.282 e. The van der Waals surface area contributed by atoms with Gasteiger partial charge in [-0.05, 0) is 48.5 Å². The molecule has 6 heteroatoms. The Hall–Kier alpha value is -4.19. The number of hydrogen-bond donors (Lipinski definition) is 1. The number of anilines is 2. The summed E-state index contributed by atoms with van der Waals surface area (Å²) in [4.78, 5) is 17.5. The van der Waals surface area contributed by atoms with Crippen LogP contribution in [0.15, 0.2) is 102 Å². The number of aromatic nitrogens is 3. The van der Waals surface area contributed by atoms with Crippen LogP contribution >= 0.6 is 0 Å². The van der Waals surface area contributed by atoms with E-state index in [2.05, 4.69) is 10.3 Å². The molecule has 0 unspecified atom stereocenters. The first-order chi connectivity index (χ1) is 14.7. The highest BCUT2D eigenvalue weighted by molar-refractivity contribution is 5.86. The van der Waals surface area contributed by atoms with Crippen molar-refractivity contribution in [2.75, 3.05) is 5.32 Å². The Morgan fingerprint density at radius 3 is 2.03 bits per heavy atom. The molecular formula is C24H17FN4O. The summed E-state index contributed by atoms with van der Waals surface area (Å²) < 4.78 is 18.4. The Balaban J connectivity index is 1.81. The molecule has 5 nitrogen and oxygen atoms in total. The van der Waals surface area contributed by atoms with Crippen LogP contribution in [-0.4, -0.2) is 14.3 Å². The first-order valence-electron chi connectivity index (χ1n) is 9.48. The summed E-state index contributed by atoms with van der Waals surface area (Å²) in [6.07, 6.45) is 1.66. The molecule has 2 heterocycles. The van der Waals surface area contributed by atoms with Gasteiger partial charge >= 0.3 is 0 Å². The van der Waals surface area contributed by atoms with E-state index in [1.807, 2.05) is 72.8 Å². The first-order valence-corrected chi connectivity index (χ1v) is 9.48. The molecule has 0 amide bonds. The summed E-state index contributed by atoms with van der Waals surface area (Å²) in [5, 5.41) is 3.14. The molecule has 5 aromatic rings. The van der Waals surface area contributed by atoms with Crippen LogP contribution in [0.25, 0.3) is 22.3 Å². The van der Waals surface area contributed by atoms with Gasteiger partial charge in [0, 0.05) is 11.9 Å². The molecular weight excluding hydrogens is 379 g/mol. The maximum Gasteiger partial charge on any atom is 0.282 e. The van der Waals surface area contributed by atoms with Crippen molar-refractivity contribution in [3.8, 4) is 11.4 Å². The molecule has 2 aromatic heterocycles. The number of fused-ring (bicyclic) bond motifs is 1. The molecule has 0 spiro atoms. The van der Waals surface area contributed by atoms with E-state index in [0.717, 1.165) is 5.69 Å². The van der Waals surface area contributed by atoms with E-state index < -0.39 is 11.4 Å². The third kappa shape index (κ3) is 3.04. The van der Waals surface area contributed by atoms with Gasteiger partial charge < -0.3 is 5.32 Å². The van der Waals surface area contributed by atoms with E-state index >= 15 is 4.39 Å². The molecule has 0 aliphatic heterocycles. The average Bonchev–Trinajstić information content (AvgIpc) is 3.08. The minimum Gasteiger partial charge on any atom is -0.340 e. The third-order valence-corrected chi connectivity index (χ3v) is 4.84. The van der Waals surface area contributed by atoms with Crippen molar-refractivity contribution in [2.24, 2.45) is 0 Å². The highest BCUT2D eigenvalue weighted by Gasteiger charge is 2.20. The van der Waals surface area contributed by atoms with Crippen LogP contribution in [0.5, 0.6) is 0 Å². The number of hydrogen-bond acceptors (Lipinski definition) is 3. The van der Waals surface area contributed by atoms with Crippen LogP contribution in [0.2, 0.25) is 0 Å². The van der Waals surface area contributed by atoms with E-state index in [9.17, 15) is 4.79 Å². The van der Waals surface area contributed by atoms with Crippen molar-refractivity contribution in [2.45, 2.75) is 0 Å². The van der Waals surface area contributed by atoms with Crippen LogP contribution < -0.4 is 10.9 Å². The summed E-state index contributed by atoms with van der Waals surface area (Å²) in [7, 11) is 0. The molecule has 30 heavy (non-hydrogen) atoms. The topological polar surface area (TPSA) is 51.9 Å². The van der Waals surface area contributed by atoms with Gasteiger partial charge in [0.15, 0.2) is 0 Å². The normalized spacial score (nSPS) is 11.0. The summed E-state index contributed by atoms with van der Waals surface area (Å²) in [6.45, 7) is 0. The SMILES string of the molecule is O=c1c2c(F)cc(Nc3ccccn3)cc2n(-c2ccccc2)n1-c1ccccc1. The number of nitrogens with zero attached hydrogens (tertiary/aromatic N) is 3. The van der Waals surface area contributed by atoms with Crippen molar-refractivity contribution >= 4 is 22.4 Å². The van der Waals surface area contributed by atoms with Gasteiger partial charge in [-0.3, -0.25) is 4.79 Å². The molecule has 0 saturated carbocycles. The van der Waals surface area contributed by atoms with Gasteiger partial charge in [0.2, 0.25) is 0 Å². The van der Waals surface area contributed by atoms with Crippen LogP contribution in [0.4, 0.5) is 15.9 Å². The Kier molecular flexibility index (Phi) is 4.37. The van der Waals surface area contributed by atoms with Crippen LogP contribution in [0.3, 0.4) is 0 Å². The molecule has 0 saturated heterocycles. The van der Waals surface area contributed by atoms with E-state index in [4.69, 9.17) is 0 Å². The van der Waals surface area contributed by atoms with Crippen LogP contribution in [0.1, 0.15) is 0 Å². The van der Waals surface area contributed by atoms with Crippen molar-refractivity contribution in [3.63, 3.8) is 0 Å². The number of halogens is 1. The van der Waals surface area contributed by atoms with Crippen LogP contribution in [-0.2, 0) is 0 Å². The van der Waals surface area contributed by atoms with Crippen molar-refractivity contribution < 1.29 is 4.39 Å². The van der Waals surface area contributed by atoms with E-state index in [1.54, 1.807) is 23.0 Å². The molecule has 0 fully saturated rings. The maximum atomic E-state index is 15.1. The second kappa shape index (κ2) is 7.33. The zero-order valence-corrected chi connectivity index (χ0v) is 15.9. The molecule has 146 valence electrons. The summed E-state index contributed by atoms with van der Waals surface area (Å²) in [5.41, 5.74) is 1.97. The van der Waals surface area contributed by atoms with E-state index in [1.165, 1.54) is 10.7 Å². The number of rotatable bonds is 4. The summed E-state index contributed by atoms with van der Waals surface area (Å²) >= 11 is 0. The second-order valence-corrected chi connectivity index (χ2v) is 6.79. The van der Waals surface area contributed by atoms with Gasteiger partial charge in [0.25, 0.3) is 5.56 Å². The molecule has 0 atom stereocenters. The fourth-order valence-corrected chi connectivity index (χ4v) is 3.56. The van der Waals surface area contributed by atoms with Gasteiger partial charge in [0.05, 0.1) is 16.9 Å². The van der Waals surface area contributed by atoms with Gasteiger partial charge in [-0.1, -0.05) is 42.5 Å². The van der Waals surface area contributed by atoms with Crippen molar-refractivity contribution in [3.05, 3.63) is 113 Å². The summed E-state index contributed by atoms with van der Waals surface area (Å²) in [6, 6.07) is 27.2. The van der Waals surface area contributed by atoms with Crippen molar-refractivity contribution in [1.82, 2.24) is 14.3 Å². The van der Waals surface area contributed by atoms with Gasteiger partial charge in [-0.2, -0.15) is 0 Å². The molecule has 0 aliphatic carbocycles. The van der Waals surface area contributed by atoms with Crippen LogP contribution in [0, 0.1) is 5.82 Å². The molecule has 0 bridgehead atoms. The Morgan fingerprint density at radius 2 is 1.40 bits per heavy atom.